The number of aromatic amines is 1. The van der Waals surface area contributed by atoms with Crippen LogP contribution < -0.4 is 5.56 Å². The van der Waals surface area contributed by atoms with Gasteiger partial charge in [-0.05, 0) is 18.2 Å². The fraction of sp³-hybridized carbons (Fsp3) is 0. The Morgan fingerprint density at radius 3 is 2.56 bits per heavy atom. The molecule has 0 unspecified atom stereocenters. The fourth-order valence-electron chi connectivity index (χ4n) is 1.26. The summed E-state index contributed by atoms with van der Waals surface area (Å²) < 4.78 is 0. The predicted molar refractivity (Wildman–Crippen MR) is 57.3 cm³/mol. The number of nitrogens with zero attached hydrogens (tertiary/aromatic N) is 1. The van der Waals surface area contributed by atoms with Gasteiger partial charge < -0.3 is 10.1 Å². The number of carbonyl (C=O) groups is 1. The maximum absolute atomic E-state index is 10.8. The number of aromatic nitrogens is 2. The van der Waals surface area contributed by atoms with Crippen LogP contribution >= 0.6 is 0 Å². The van der Waals surface area contributed by atoms with Crippen molar-refractivity contribution in [3.05, 3.63) is 52.6 Å². The summed E-state index contributed by atoms with van der Waals surface area (Å²) in [6.45, 7) is 0. The van der Waals surface area contributed by atoms with Gasteiger partial charge in [0.15, 0.2) is 0 Å². The van der Waals surface area contributed by atoms with Gasteiger partial charge in [0.1, 0.15) is 0 Å². The second-order valence-electron chi connectivity index (χ2n) is 3.18. The predicted octanol–water partition coefficient (Wildman–Crippen LogP) is 1.14. The highest BCUT2D eigenvalue weighted by molar-refractivity contribution is 5.87. The molecule has 2 heterocycles. The van der Waals surface area contributed by atoms with Gasteiger partial charge in [-0.1, -0.05) is 0 Å². The number of pyridine rings is 2. The first kappa shape index (κ1) is 10.1. The summed E-state index contributed by atoms with van der Waals surface area (Å²) in [5, 5.41) is 8.70. The van der Waals surface area contributed by atoms with Crippen LogP contribution in [0.5, 0.6) is 0 Å². The highest BCUT2D eigenvalue weighted by Gasteiger charge is 2.04. The van der Waals surface area contributed by atoms with E-state index in [-0.39, 0.29) is 11.1 Å². The van der Waals surface area contributed by atoms with E-state index < -0.39 is 5.97 Å². The molecular formula is C11H8N2O3. The Hall–Kier alpha value is -2.43. The van der Waals surface area contributed by atoms with Crippen molar-refractivity contribution in [1.29, 1.82) is 0 Å². The normalized spacial score (nSPS) is 10.0. The van der Waals surface area contributed by atoms with Gasteiger partial charge in [0, 0.05) is 24.0 Å². The molecule has 5 heteroatoms. The van der Waals surface area contributed by atoms with Crippen molar-refractivity contribution < 1.29 is 9.90 Å². The maximum Gasteiger partial charge on any atom is 0.337 e. The Kier molecular flexibility index (Phi) is 2.51. The molecule has 0 saturated carbocycles. The summed E-state index contributed by atoms with van der Waals surface area (Å²) in [7, 11) is 0. The van der Waals surface area contributed by atoms with Gasteiger partial charge in [-0.3, -0.25) is 9.78 Å². The summed E-state index contributed by atoms with van der Waals surface area (Å²) in [4.78, 5) is 28.0. The molecule has 2 aromatic rings. The molecule has 0 aliphatic rings. The number of rotatable bonds is 2. The minimum Gasteiger partial charge on any atom is -0.478 e. The van der Waals surface area contributed by atoms with Gasteiger partial charge in [0.2, 0.25) is 5.56 Å². The molecule has 0 aliphatic heterocycles. The quantitative estimate of drug-likeness (QED) is 0.788. The van der Waals surface area contributed by atoms with Gasteiger partial charge in [-0.2, -0.15) is 0 Å². The van der Waals surface area contributed by atoms with Crippen LogP contribution in [0.2, 0.25) is 0 Å². The van der Waals surface area contributed by atoms with Crippen LogP contribution in [-0.2, 0) is 0 Å². The molecule has 0 amide bonds. The number of carboxylic acid groups (broad SMARTS) is 1. The third-order valence-corrected chi connectivity index (χ3v) is 2.09. The smallest absolute Gasteiger partial charge is 0.337 e. The van der Waals surface area contributed by atoms with Crippen molar-refractivity contribution in [3.63, 3.8) is 0 Å². The Labute approximate surface area is 90.4 Å². The number of carboxylic acids is 1. The van der Waals surface area contributed by atoms with Gasteiger partial charge in [0.05, 0.1) is 11.3 Å². The van der Waals surface area contributed by atoms with E-state index in [0.29, 0.717) is 5.69 Å². The van der Waals surface area contributed by atoms with Crippen LogP contribution in [0.3, 0.4) is 0 Å². The second kappa shape index (κ2) is 3.98. The Morgan fingerprint density at radius 1 is 1.25 bits per heavy atom. The Bertz CT molecular complexity index is 552. The molecule has 0 saturated heterocycles. The monoisotopic (exact) mass is 216 g/mol. The van der Waals surface area contributed by atoms with Crippen molar-refractivity contribution in [1.82, 2.24) is 9.97 Å². The first-order valence-electron chi connectivity index (χ1n) is 4.55. The van der Waals surface area contributed by atoms with Gasteiger partial charge in [0.25, 0.3) is 0 Å². The largest absolute Gasteiger partial charge is 0.478 e. The van der Waals surface area contributed by atoms with Crippen LogP contribution in [0.15, 0.2) is 41.5 Å². The van der Waals surface area contributed by atoms with Gasteiger partial charge in [-0.15, -0.1) is 0 Å². The van der Waals surface area contributed by atoms with Gasteiger partial charge in [-0.25, -0.2) is 4.79 Å². The standard InChI is InChI=1S/C11H8N2O3/c14-10-4-2-7(5-13-10)9-3-1-8(6-12-9)11(15)16/h1-6H,(H,13,14)(H,15,16). The number of hydrogen-bond donors (Lipinski definition) is 2. The molecule has 80 valence electrons. The van der Waals surface area contributed by atoms with Gasteiger partial charge >= 0.3 is 5.97 Å². The molecule has 2 aromatic heterocycles. The third-order valence-electron chi connectivity index (χ3n) is 2.09. The lowest BCUT2D eigenvalue weighted by Crippen LogP contribution is -2.02. The fourth-order valence-corrected chi connectivity index (χ4v) is 1.26. The maximum atomic E-state index is 10.8. The average molecular weight is 216 g/mol. The molecule has 0 aliphatic carbocycles. The summed E-state index contributed by atoms with van der Waals surface area (Å²) in [6.07, 6.45) is 2.81. The lowest BCUT2D eigenvalue weighted by Gasteiger charge is -2.00. The summed E-state index contributed by atoms with van der Waals surface area (Å²) in [6, 6.07) is 6.08. The first-order valence-corrected chi connectivity index (χ1v) is 4.55. The van der Waals surface area contributed by atoms with Crippen molar-refractivity contribution >= 4 is 5.97 Å². The van der Waals surface area contributed by atoms with Crippen LogP contribution in [0.1, 0.15) is 10.4 Å². The van der Waals surface area contributed by atoms with Crippen molar-refractivity contribution in [3.8, 4) is 11.3 Å². The lowest BCUT2D eigenvalue weighted by molar-refractivity contribution is 0.0696. The van der Waals surface area contributed by atoms with Crippen LogP contribution in [0.4, 0.5) is 0 Å². The molecule has 0 bridgehead atoms. The summed E-state index contributed by atoms with van der Waals surface area (Å²) >= 11 is 0. The average Bonchev–Trinajstić information content (AvgIpc) is 2.30. The molecule has 5 nitrogen and oxygen atoms in total. The number of hydrogen-bond acceptors (Lipinski definition) is 3. The molecule has 0 radical (unpaired) electrons. The first-order chi connectivity index (χ1) is 7.66. The molecule has 2 rings (SSSR count). The van der Waals surface area contributed by atoms with E-state index >= 15 is 0 Å². The Balaban J connectivity index is 2.38. The van der Waals surface area contributed by atoms with E-state index in [0.717, 1.165) is 5.56 Å². The zero-order valence-electron chi connectivity index (χ0n) is 8.18. The third kappa shape index (κ3) is 1.98. The minimum atomic E-state index is -1.01. The van der Waals surface area contributed by atoms with E-state index in [1.807, 2.05) is 0 Å². The molecule has 0 spiro atoms. The molecule has 16 heavy (non-hydrogen) atoms. The Morgan fingerprint density at radius 2 is 2.06 bits per heavy atom. The minimum absolute atomic E-state index is 0.133. The topological polar surface area (TPSA) is 83.0 Å². The van der Waals surface area contributed by atoms with E-state index in [9.17, 15) is 9.59 Å². The van der Waals surface area contributed by atoms with E-state index in [2.05, 4.69) is 9.97 Å². The molecular weight excluding hydrogens is 208 g/mol. The molecule has 0 aromatic carbocycles. The summed E-state index contributed by atoms with van der Waals surface area (Å²) in [5.41, 5.74) is 1.29. The molecule has 0 fully saturated rings. The number of H-pyrrole nitrogens is 1. The van der Waals surface area contributed by atoms with Crippen LogP contribution in [-0.4, -0.2) is 21.0 Å². The SMILES string of the molecule is O=C(O)c1ccc(-c2ccc(=O)[nH]c2)nc1. The van der Waals surface area contributed by atoms with E-state index in [1.165, 1.54) is 24.5 Å². The van der Waals surface area contributed by atoms with E-state index in [1.54, 1.807) is 12.1 Å². The van der Waals surface area contributed by atoms with Crippen molar-refractivity contribution in [2.24, 2.45) is 0 Å². The summed E-state index contributed by atoms with van der Waals surface area (Å²) in [5.74, 6) is -1.01. The lowest BCUT2D eigenvalue weighted by atomic mass is 10.1. The molecule has 0 atom stereocenters. The zero-order valence-corrected chi connectivity index (χ0v) is 8.18. The molecule has 2 N–H and O–H groups in total. The van der Waals surface area contributed by atoms with E-state index in [4.69, 9.17) is 5.11 Å². The highest BCUT2D eigenvalue weighted by Crippen LogP contribution is 2.14. The zero-order chi connectivity index (χ0) is 11.5. The number of nitrogens with one attached hydrogen (secondary N) is 1. The van der Waals surface area contributed by atoms with Crippen LogP contribution in [0.25, 0.3) is 11.3 Å². The van der Waals surface area contributed by atoms with Crippen molar-refractivity contribution in [2.75, 3.05) is 0 Å². The van der Waals surface area contributed by atoms with Crippen LogP contribution in [0, 0.1) is 0 Å². The number of aromatic carboxylic acids is 1. The highest BCUT2D eigenvalue weighted by atomic mass is 16.4. The van der Waals surface area contributed by atoms with Crippen molar-refractivity contribution in [2.45, 2.75) is 0 Å². The second-order valence-corrected chi connectivity index (χ2v) is 3.18.